The summed E-state index contributed by atoms with van der Waals surface area (Å²) < 4.78 is 0. The molecule has 2 fully saturated rings. The fourth-order valence-electron chi connectivity index (χ4n) is 2.64. The number of aromatic nitrogens is 1. The van der Waals surface area contributed by atoms with Crippen molar-refractivity contribution in [1.82, 2.24) is 14.8 Å². The van der Waals surface area contributed by atoms with Crippen LogP contribution in [0.25, 0.3) is 0 Å². The molecule has 0 spiro atoms. The normalized spacial score (nSPS) is 23.1. The van der Waals surface area contributed by atoms with E-state index in [1.54, 1.807) is 9.80 Å². The van der Waals surface area contributed by atoms with E-state index in [-0.39, 0.29) is 24.4 Å². The molecule has 0 saturated carbocycles. The summed E-state index contributed by atoms with van der Waals surface area (Å²) in [6.07, 6.45) is 1.70. The Hall–Kier alpha value is -1.14. The Balaban J connectivity index is 1.74. The summed E-state index contributed by atoms with van der Waals surface area (Å²) in [7, 11) is 0. The van der Waals surface area contributed by atoms with Gasteiger partial charge in [-0.1, -0.05) is 0 Å². The van der Waals surface area contributed by atoms with Crippen molar-refractivity contribution in [2.75, 3.05) is 13.1 Å². The third kappa shape index (κ3) is 2.34. The Morgan fingerprint density at radius 3 is 3.05 bits per heavy atom. The van der Waals surface area contributed by atoms with Crippen LogP contribution in [0.5, 0.6) is 0 Å². The van der Waals surface area contributed by atoms with E-state index in [2.05, 4.69) is 4.98 Å². The van der Waals surface area contributed by atoms with Crippen molar-refractivity contribution in [3.05, 3.63) is 16.1 Å². The molecule has 2 aliphatic heterocycles. The largest absolute Gasteiger partial charge is 0.329 e. The maximum Gasteiger partial charge on any atom is 0.246 e. The summed E-state index contributed by atoms with van der Waals surface area (Å²) in [6.45, 7) is 1.30. The summed E-state index contributed by atoms with van der Waals surface area (Å²) in [4.78, 5) is 32.0. The number of carbonyl (C=O) groups is 2. The lowest BCUT2D eigenvalue weighted by Gasteiger charge is -2.35. The zero-order valence-electron chi connectivity index (χ0n) is 10.3. The summed E-state index contributed by atoms with van der Waals surface area (Å²) in [5.74, 6) is 0.482. The van der Waals surface area contributed by atoms with Crippen LogP contribution in [-0.4, -0.2) is 45.7 Å². The zero-order valence-corrected chi connectivity index (χ0v) is 11.9. The van der Waals surface area contributed by atoms with E-state index in [1.165, 1.54) is 11.3 Å². The molecule has 5 nitrogen and oxygen atoms in total. The van der Waals surface area contributed by atoms with Crippen molar-refractivity contribution in [2.24, 2.45) is 0 Å². The molecule has 2 aliphatic rings. The number of nitrogens with zero attached hydrogens (tertiary/aromatic N) is 3. The zero-order chi connectivity index (χ0) is 13.4. The molecule has 1 unspecified atom stereocenters. The van der Waals surface area contributed by atoms with Gasteiger partial charge in [0.15, 0.2) is 0 Å². The predicted molar refractivity (Wildman–Crippen MR) is 71.8 cm³/mol. The molecular weight excluding hydrogens is 286 g/mol. The van der Waals surface area contributed by atoms with Gasteiger partial charge in [-0.05, 0) is 12.8 Å². The summed E-state index contributed by atoms with van der Waals surface area (Å²) in [5.41, 5.74) is 0.819. The molecule has 1 aromatic heterocycles. The molecule has 2 saturated heterocycles. The second-order valence-electron chi connectivity index (χ2n) is 4.81. The van der Waals surface area contributed by atoms with Crippen LogP contribution in [0.2, 0.25) is 0 Å². The van der Waals surface area contributed by atoms with Gasteiger partial charge in [-0.25, -0.2) is 4.98 Å². The minimum Gasteiger partial charge on any atom is -0.329 e. The first-order valence-electron chi connectivity index (χ1n) is 6.26. The number of halogens is 1. The topological polar surface area (TPSA) is 53.5 Å². The van der Waals surface area contributed by atoms with E-state index >= 15 is 0 Å². The summed E-state index contributed by atoms with van der Waals surface area (Å²) in [5, 5.41) is 2.73. The van der Waals surface area contributed by atoms with Gasteiger partial charge in [0.25, 0.3) is 0 Å². The third-order valence-electron chi connectivity index (χ3n) is 3.56. The molecule has 0 radical (unpaired) electrons. The highest BCUT2D eigenvalue weighted by Crippen LogP contribution is 2.25. The van der Waals surface area contributed by atoms with Crippen molar-refractivity contribution < 1.29 is 9.59 Å². The van der Waals surface area contributed by atoms with Crippen molar-refractivity contribution in [3.8, 4) is 0 Å². The van der Waals surface area contributed by atoms with Gasteiger partial charge in [-0.3, -0.25) is 9.59 Å². The van der Waals surface area contributed by atoms with Crippen molar-refractivity contribution >= 4 is 34.8 Å². The number of fused-ring (bicyclic) bond motifs is 1. The van der Waals surface area contributed by atoms with Gasteiger partial charge in [0.05, 0.1) is 18.1 Å². The van der Waals surface area contributed by atoms with Crippen LogP contribution in [-0.2, 0) is 22.0 Å². The summed E-state index contributed by atoms with van der Waals surface area (Å²) >= 11 is 7.19. The highest BCUT2D eigenvalue weighted by atomic mass is 35.5. The molecule has 0 N–H and O–H groups in total. The number of rotatable bonds is 3. The number of piperazine rings is 1. The van der Waals surface area contributed by atoms with Crippen LogP contribution in [0.15, 0.2) is 5.38 Å². The van der Waals surface area contributed by atoms with Gasteiger partial charge < -0.3 is 9.80 Å². The molecule has 19 heavy (non-hydrogen) atoms. The van der Waals surface area contributed by atoms with Gasteiger partial charge in [-0.2, -0.15) is 0 Å². The minimum atomic E-state index is -0.242. The lowest BCUT2D eigenvalue weighted by Crippen LogP contribution is -2.56. The Morgan fingerprint density at radius 2 is 2.32 bits per heavy atom. The Morgan fingerprint density at radius 1 is 1.47 bits per heavy atom. The molecular formula is C12H14ClN3O2S. The molecule has 0 bridgehead atoms. The Bertz CT molecular complexity index is 519. The van der Waals surface area contributed by atoms with Gasteiger partial charge in [0, 0.05) is 11.9 Å². The first-order valence-corrected chi connectivity index (χ1v) is 7.68. The number of amides is 2. The van der Waals surface area contributed by atoms with Crippen LogP contribution in [0.4, 0.5) is 0 Å². The fraction of sp³-hybridized carbons (Fsp3) is 0.583. The molecule has 1 aromatic rings. The van der Waals surface area contributed by atoms with Gasteiger partial charge in [0.2, 0.25) is 11.8 Å². The van der Waals surface area contributed by atoms with E-state index in [1.807, 2.05) is 5.38 Å². The fourth-order valence-corrected chi connectivity index (χ4v) is 3.68. The maximum absolute atomic E-state index is 12.3. The van der Waals surface area contributed by atoms with Gasteiger partial charge in [-0.15, -0.1) is 22.9 Å². The van der Waals surface area contributed by atoms with Crippen LogP contribution in [0, 0.1) is 0 Å². The predicted octanol–water partition coefficient (Wildman–Crippen LogP) is 1.22. The molecule has 0 aromatic carbocycles. The molecule has 2 amide bonds. The lowest BCUT2D eigenvalue weighted by molar-refractivity contribution is -0.154. The van der Waals surface area contributed by atoms with Crippen molar-refractivity contribution in [1.29, 1.82) is 0 Å². The Labute approximate surface area is 120 Å². The highest BCUT2D eigenvalue weighted by molar-refractivity contribution is 7.09. The molecule has 0 aliphatic carbocycles. The van der Waals surface area contributed by atoms with E-state index in [0.717, 1.165) is 30.1 Å². The lowest BCUT2D eigenvalue weighted by atomic mass is 10.1. The van der Waals surface area contributed by atoms with E-state index in [9.17, 15) is 9.59 Å². The highest BCUT2D eigenvalue weighted by Gasteiger charge is 2.41. The third-order valence-corrected chi connectivity index (χ3v) is 4.71. The molecule has 102 valence electrons. The van der Waals surface area contributed by atoms with E-state index in [0.29, 0.717) is 12.4 Å². The van der Waals surface area contributed by atoms with E-state index < -0.39 is 0 Å². The van der Waals surface area contributed by atoms with Crippen LogP contribution >= 0.6 is 22.9 Å². The number of thiazole rings is 1. The van der Waals surface area contributed by atoms with Crippen molar-refractivity contribution in [3.63, 3.8) is 0 Å². The second-order valence-corrected chi connectivity index (χ2v) is 6.02. The first kappa shape index (κ1) is 12.9. The SMILES string of the molecule is O=C1C2CCCN2C(=O)CN1Cc1nc(CCl)cs1. The van der Waals surface area contributed by atoms with Gasteiger partial charge in [0.1, 0.15) is 17.6 Å². The summed E-state index contributed by atoms with van der Waals surface area (Å²) in [6, 6.07) is -0.242. The van der Waals surface area contributed by atoms with E-state index in [4.69, 9.17) is 11.6 Å². The average Bonchev–Trinajstić information content (AvgIpc) is 3.04. The second kappa shape index (κ2) is 5.09. The van der Waals surface area contributed by atoms with Crippen LogP contribution < -0.4 is 0 Å². The van der Waals surface area contributed by atoms with Crippen LogP contribution in [0.1, 0.15) is 23.5 Å². The monoisotopic (exact) mass is 299 g/mol. The number of hydrogen-bond acceptors (Lipinski definition) is 4. The number of alkyl halides is 1. The van der Waals surface area contributed by atoms with Gasteiger partial charge >= 0.3 is 0 Å². The quantitative estimate of drug-likeness (QED) is 0.789. The first-order chi connectivity index (χ1) is 9.19. The van der Waals surface area contributed by atoms with Crippen molar-refractivity contribution in [2.45, 2.75) is 31.3 Å². The maximum atomic E-state index is 12.3. The molecule has 3 rings (SSSR count). The Kier molecular flexibility index (Phi) is 3.45. The average molecular weight is 300 g/mol. The van der Waals surface area contributed by atoms with Crippen LogP contribution in [0.3, 0.4) is 0 Å². The molecule has 3 heterocycles. The smallest absolute Gasteiger partial charge is 0.246 e. The number of hydrogen-bond donors (Lipinski definition) is 0. The number of carbonyl (C=O) groups excluding carboxylic acids is 2. The molecule has 1 atom stereocenters. The standard InChI is InChI=1S/C12H14ClN3O2S/c13-4-8-7-19-10(14-8)5-15-6-11(17)16-3-1-2-9(16)12(15)18/h7,9H,1-6H2. The molecule has 7 heteroatoms. The minimum absolute atomic E-state index is 0.0521.